The van der Waals surface area contributed by atoms with Crippen LogP contribution in [0.2, 0.25) is 0 Å². The Morgan fingerprint density at radius 3 is 2.77 bits per heavy atom. The highest BCUT2D eigenvalue weighted by atomic mass is 35.5. The molecule has 0 radical (unpaired) electrons. The van der Waals surface area contributed by atoms with Crippen molar-refractivity contribution in [1.29, 1.82) is 0 Å². The van der Waals surface area contributed by atoms with Gasteiger partial charge in [-0.25, -0.2) is 4.39 Å². The lowest BCUT2D eigenvalue weighted by Gasteiger charge is -2.28. The summed E-state index contributed by atoms with van der Waals surface area (Å²) in [4.78, 5) is 12.3. The molecule has 0 saturated carbocycles. The molecule has 2 aliphatic rings. The first-order valence-corrected chi connectivity index (χ1v) is 7.58. The van der Waals surface area contributed by atoms with Crippen LogP contribution in [0.4, 0.5) is 4.39 Å². The molecule has 0 aromatic heterocycles. The van der Waals surface area contributed by atoms with Gasteiger partial charge in [0, 0.05) is 13.2 Å². The Labute approximate surface area is 136 Å². The van der Waals surface area contributed by atoms with Crippen LogP contribution < -0.4 is 11.1 Å². The Hall–Kier alpha value is -1.17. The summed E-state index contributed by atoms with van der Waals surface area (Å²) in [5.74, 6) is -0.144. The molecule has 3 rings (SSSR count). The molecule has 1 fully saturated rings. The maximum atomic E-state index is 13.7. The van der Waals surface area contributed by atoms with E-state index >= 15 is 0 Å². The number of halogens is 2. The van der Waals surface area contributed by atoms with E-state index in [0.717, 1.165) is 30.4 Å². The predicted molar refractivity (Wildman–Crippen MR) is 84.4 cm³/mol. The average Bonchev–Trinajstić information content (AvgIpc) is 2.92. The van der Waals surface area contributed by atoms with E-state index in [2.05, 4.69) is 5.32 Å². The van der Waals surface area contributed by atoms with Crippen molar-refractivity contribution in [2.75, 3.05) is 13.2 Å². The Balaban J connectivity index is 0.00000176. The first-order valence-electron chi connectivity index (χ1n) is 7.58. The fourth-order valence-electron chi connectivity index (χ4n) is 3.32. The minimum Gasteiger partial charge on any atom is -0.381 e. The highest BCUT2D eigenvalue weighted by Gasteiger charge is 2.31. The Morgan fingerprint density at radius 2 is 2.05 bits per heavy atom. The average molecular weight is 329 g/mol. The number of carbonyl (C=O) groups is 1. The van der Waals surface area contributed by atoms with Gasteiger partial charge in [0.25, 0.3) is 0 Å². The van der Waals surface area contributed by atoms with E-state index < -0.39 is 6.04 Å². The van der Waals surface area contributed by atoms with Crippen LogP contribution in [0.15, 0.2) is 18.2 Å². The molecular formula is C16H22ClFN2O2. The van der Waals surface area contributed by atoms with Crippen molar-refractivity contribution in [1.82, 2.24) is 5.32 Å². The third-order valence-electron chi connectivity index (χ3n) is 4.61. The SMILES string of the molecule is Cl.NC(C(=O)NC1CCc2c(F)cccc21)C1CCOCC1. The van der Waals surface area contributed by atoms with E-state index in [-0.39, 0.29) is 36.1 Å². The summed E-state index contributed by atoms with van der Waals surface area (Å²) in [7, 11) is 0. The second-order valence-electron chi connectivity index (χ2n) is 5.88. The van der Waals surface area contributed by atoms with E-state index in [9.17, 15) is 9.18 Å². The number of hydrogen-bond donors (Lipinski definition) is 2. The van der Waals surface area contributed by atoms with Gasteiger partial charge in [0.2, 0.25) is 5.91 Å². The van der Waals surface area contributed by atoms with Crippen molar-refractivity contribution in [3.63, 3.8) is 0 Å². The van der Waals surface area contributed by atoms with Gasteiger partial charge in [-0.3, -0.25) is 4.79 Å². The van der Waals surface area contributed by atoms with E-state index in [1.165, 1.54) is 6.07 Å². The van der Waals surface area contributed by atoms with Gasteiger partial charge in [-0.1, -0.05) is 12.1 Å². The number of benzene rings is 1. The lowest BCUT2D eigenvalue weighted by atomic mass is 9.91. The summed E-state index contributed by atoms with van der Waals surface area (Å²) in [5, 5.41) is 2.99. The fourth-order valence-corrected chi connectivity index (χ4v) is 3.32. The third-order valence-corrected chi connectivity index (χ3v) is 4.61. The highest BCUT2D eigenvalue weighted by Crippen LogP contribution is 2.32. The van der Waals surface area contributed by atoms with Crippen molar-refractivity contribution < 1.29 is 13.9 Å². The largest absolute Gasteiger partial charge is 0.381 e. The van der Waals surface area contributed by atoms with E-state index in [4.69, 9.17) is 10.5 Å². The maximum Gasteiger partial charge on any atom is 0.237 e. The first-order chi connectivity index (χ1) is 10.2. The molecule has 122 valence electrons. The quantitative estimate of drug-likeness (QED) is 0.893. The van der Waals surface area contributed by atoms with Crippen molar-refractivity contribution in [2.24, 2.45) is 11.7 Å². The zero-order chi connectivity index (χ0) is 14.8. The third kappa shape index (κ3) is 3.42. The topological polar surface area (TPSA) is 64.4 Å². The van der Waals surface area contributed by atoms with Crippen LogP contribution >= 0.6 is 12.4 Å². The van der Waals surface area contributed by atoms with E-state index in [1.54, 1.807) is 6.07 Å². The number of nitrogens with one attached hydrogen (secondary N) is 1. The fraction of sp³-hybridized carbons (Fsp3) is 0.562. The molecule has 3 N–H and O–H groups in total. The molecule has 22 heavy (non-hydrogen) atoms. The minimum atomic E-state index is -0.508. The molecule has 0 spiro atoms. The second-order valence-corrected chi connectivity index (χ2v) is 5.88. The molecule has 0 bridgehead atoms. The molecule has 1 heterocycles. The molecule has 1 aliphatic carbocycles. The second kappa shape index (κ2) is 7.40. The van der Waals surface area contributed by atoms with Crippen LogP contribution in [-0.2, 0) is 16.0 Å². The van der Waals surface area contributed by atoms with Gasteiger partial charge in [0.05, 0.1) is 12.1 Å². The van der Waals surface area contributed by atoms with Crippen LogP contribution in [0, 0.1) is 11.7 Å². The number of nitrogens with two attached hydrogens (primary N) is 1. The normalized spacial score (nSPS) is 22.5. The Kier molecular flexibility index (Phi) is 5.78. The van der Waals surface area contributed by atoms with Gasteiger partial charge in [0.15, 0.2) is 0 Å². The van der Waals surface area contributed by atoms with E-state index in [0.29, 0.717) is 19.6 Å². The highest BCUT2D eigenvalue weighted by molar-refractivity contribution is 5.85. The molecule has 1 aliphatic heterocycles. The summed E-state index contributed by atoms with van der Waals surface area (Å²) in [6, 6.07) is 4.42. The van der Waals surface area contributed by atoms with Gasteiger partial charge < -0.3 is 15.8 Å². The molecule has 1 aromatic carbocycles. The smallest absolute Gasteiger partial charge is 0.237 e. The van der Waals surface area contributed by atoms with Crippen molar-refractivity contribution in [3.8, 4) is 0 Å². The summed E-state index contributed by atoms with van der Waals surface area (Å²) in [6.45, 7) is 1.34. The Morgan fingerprint density at radius 1 is 1.32 bits per heavy atom. The summed E-state index contributed by atoms with van der Waals surface area (Å²) >= 11 is 0. The maximum absolute atomic E-state index is 13.7. The van der Waals surface area contributed by atoms with Gasteiger partial charge in [0.1, 0.15) is 5.82 Å². The standard InChI is InChI=1S/C16H21FN2O2.ClH/c17-13-3-1-2-12-11(13)4-5-14(12)19-16(20)15(18)10-6-8-21-9-7-10;/h1-3,10,14-15H,4-9,18H2,(H,19,20);1H. The molecule has 2 unspecified atom stereocenters. The molecule has 6 heteroatoms. The van der Waals surface area contributed by atoms with Crippen molar-refractivity contribution in [2.45, 2.75) is 37.8 Å². The number of hydrogen-bond acceptors (Lipinski definition) is 3. The first kappa shape index (κ1) is 17.2. The lowest BCUT2D eigenvalue weighted by molar-refractivity contribution is -0.125. The van der Waals surface area contributed by atoms with Crippen molar-refractivity contribution in [3.05, 3.63) is 35.1 Å². The zero-order valence-electron chi connectivity index (χ0n) is 12.4. The number of amides is 1. The monoisotopic (exact) mass is 328 g/mol. The van der Waals surface area contributed by atoms with E-state index in [1.807, 2.05) is 6.07 Å². The van der Waals surface area contributed by atoms with Crippen LogP contribution in [0.5, 0.6) is 0 Å². The van der Waals surface area contributed by atoms with Crippen molar-refractivity contribution >= 4 is 18.3 Å². The number of carbonyl (C=O) groups excluding carboxylic acids is 1. The van der Waals surface area contributed by atoms with Gasteiger partial charge in [-0.15, -0.1) is 12.4 Å². The van der Waals surface area contributed by atoms with Crippen LogP contribution in [-0.4, -0.2) is 25.2 Å². The number of ether oxygens (including phenoxy) is 1. The molecule has 1 aromatic rings. The molecular weight excluding hydrogens is 307 g/mol. The van der Waals surface area contributed by atoms with Gasteiger partial charge in [-0.05, 0) is 48.8 Å². The zero-order valence-corrected chi connectivity index (χ0v) is 13.2. The van der Waals surface area contributed by atoms with Crippen LogP contribution in [0.3, 0.4) is 0 Å². The Bertz CT molecular complexity index is 535. The lowest BCUT2D eigenvalue weighted by Crippen LogP contribution is -2.47. The van der Waals surface area contributed by atoms with Gasteiger partial charge in [-0.2, -0.15) is 0 Å². The predicted octanol–water partition coefficient (Wildman–Crippen LogP) is 2.10. The number of fused-ring (bicyclic) bond motifs is 1. The molecule has 2 atom stereocenters. The molecule has 1 saturated heterocycles. The minimum absolute atomic E-state index is 0. The number of rotatable bonds is 3. The molecule has 1 amide bonds. The summed E-state index contributed by atoms with van der Waals surface area (Å²) < 4.78 is 19.0. The summed E-state index contributed by atoms with van der Waals surface area (Å²) in [6.07, 6.45) is 3.05. The van der Waals surface area contributed by atoms with Gasteiger partial charge >= 0.3 is 0 Å². The summed E-state index contributed by atoms with van der Waals surface area (Å²) in [5.41, 5.74) is 7.69. The van der Waals surface area contributed by atoms with Crippen LogP contribution in [0.25, 0.3) is 0 Å². The molecule has 4 nitrogen and oxygen atoms in total. The van der Waals surface area contributed by atoms with Crippen LogP contribution in [0.1, 0.15) is 36.4 Å².